The van der Waals surface area contributed by atoms with E-state index in [1.807, 2.05) is 42.5 Å². The summed E-state index contributed by atoms with van der Waals surface area (Å²) in [5.41, 5.74) is 2.84. The van der Waals surface area contributed by atoms with Crippen molar-refractivity contribution in [1.82, 2.24) is 9.88 Å². The highest BCUT2D eigenvalue weighted by molar-refractivity contribution is 6.42. The molecule has 28 heavy (non-hydrogen) atoms. The van der Waals surface area contributed by atoms with Crippen LogP contribution in [-0.4, -0.2) is 34.0 Å². The number of fused-ring (bicyclic) bond motifs is 1. The minimum atomic E-state index is -0.750. The van der Waals surface area contributed by atoms with Crippen molar-refractivity contribution in [2.75, 3.05) is 13.1 Å². The molecule has 0 saturated carbocycles. The number of para-hydroxylation sites is 1. The molecule has 144 valence electrons. The van der Waals surface area contributed by atoms with Gasteiger partial charge in [-0.3, -0.25) is 14.7 Å². The highest BCUT2D eigenvalue weighted by Gasteiger charge is 2.33. The second-order valence-corrected chi connectivity index (χ2v) is 7.92. The standard InChI is InChI=1S/C22H20Cl2N2O2/c23-18-8-3-7-17(20(18)24)21(26-12-4-5-14(13-26)22(27)28)16-10-11-25-19-9-2-1-6-15(16)19/h1-3,6-11,14,21H,4-5,12-13H2,(H,27,28). The maximum absolute atomic E-state index is 11.6. The van der Waals surface area contributed by atoms with Gasteiger partial charge in [0.05, 0.1) is 27.5 Å². The largest absolute Gasteiger partial charge is 0.481 e. The summed E-state index contributed by atoms with van der Waals surface area (Å²) in [6.07, 6.45) is 3.31. The Morgan fingerprint density at radius 3 is 2.75 bits per heavy atom. The van der Waals surface area contributed by atoms with Crippen LogP contribution in [0.1, 0.15) is 30.0 Å². The summed E-state index contributed by atoms with van der Waals surface area (Å²) in [5.74, 6) is -1.14. The number of likely N-dealkylation sites (tertiary alicyclic amines) is 1. The van der Waals surface area contributed by atoms with Gasteiger partial charge in [0.2, 0.25) is 0 Å². The maximum atomic E-state index is 11.6. The molecule has 6 heteroatoms. The third-order valence-electron chi connectivity index (χ3n) is 5.42. The first-order chi connectivity index (χ1) is 13.6. The van der Waals surface area contributed by atoms with E-state index in [0.29, 0.717) is 23.0 Å². The van der Waals surface area contributed by atoms with Gasteiger partial charge in [0.25, 0.3) is 0 Å². The molecule has 1 aliphatic heterocycles. The normalized spacial score (nSPS) is 18.9. The molecule has 2 atom stereocenters. The molecule has 2 heterocycles. The van der Waals surface area contributed by atoms with Crippen LogP contribution in [-0.2, 0) is 4.79 Å². The van der Waals surface area contributed by atoms with E-state index in [9.17, 15) is 9.90 Å². The van der Waals surface area contributed by atoms with Gasteiger partial charge in [-0.05, 0) is 48.7 Å². The summed E-state index contributed by atoms with van der Waals surface area (Å²) in [5, 5.41) is 11.6. The Morgan fingerprint density at radius 1 is 1.11 bits per heavy atom. The lowest BCUT2D eigenvalue weighted by Crippen LogP contribution is -2.41. The van der Waals surface area contributed by atoms with Crippen LogP contribution >= 0.6 is 23.2 Å². The van der Waals surface area contributed by atoms with E-state index in [1.165, 1.54) is 0 Å². The Labute approximate surface area is 173 Å². The first-order valence-corrected chi connectivity index (χ1v) is 10.1. The van der Waals surface area contributed by atoms with Gasteiger partial charge in [-0.2, -0.15) is 0 Å². The van der Waals surface area contributed by atoms with Crippen molar-refractivity contribution >= 4 is 40.1 Å². The van der Waals surface area contributed by atoms with Crippen LogP contribution in [0.25, 0.3) is 10.9 Å². The molecule has 1 aliphatic rings. The first-order valence-electron chi connectivity index (χ1n) is 9.30. The highest BCUT2D eigenvalue weighted by atomic mass is 35.5. The maximum Gasteiger partial charge on any atom is 0.307 e. The number of halogens is 2. The molecular formula is C22H20Cl2N2O2. The lowest BCUT2D eigenvalue weighted by atomic mass is 9.90. The molecular weight excluding hydrogens is 395 g/mol. The summed E-state index contributed by atoms with van der Waals surface area (Å²) in [6, 6.07) is 15.4. The van der Waals surface area contributed by atoms with Crippen molar-refractivity contribution in [1.29, 1.82) is 0 Å². The predicted octanol–water partition coefficient (Wildman–Crippen LogP) is 5.43. The number of carboxylic acids is 1. The molecule has 2 aromatic carbocycles. The number of hydrogen-bond donors (Lipinski definition) is 1. The SMILES string of the molecule is O=C(O)C1CCCN(C(c2cccc(Cl)c2Cl)c2ccnc3ccccc23)C1. The summed E-state index contributed by atoms with van der Waals surface area (Å²) >= 11 is 12.9. The average Bonchev–Trinajstić information content (AvgIpc) is 2.72. The van der Waals surface area contributed by atoms with Gasteiger partial charge >= 0.3 is 5.97 Å². The number of aliphatic carboxylic acids is 1. The number of rotatable bonds is 4. The molecule has 0 radical (unpaired) electrons. The zero-order valence-electron chi connectivity index (χ0n) is 15.2. The van der Waals surface area contributed by atoms with E-state index in [2.05, 4.69) is 9.88 Å². The number of piperidine rings is 1. The number of hydrogen-bond acceptors (Lipinski definition) is 3. The Kier molecular flexibility index (Phi) is 5.54. The van der Waals surface area contributed by atoms with Gasteiger partial charge in [0.15, 0.2) is 0 Å². The summed E-state index contributed by atoms with van der Waals surface area (Å²) < 4.78 is 0. The van der Waals surface area contributed by atoms with Crippen molar-refractivity contribution in [2.45, 2.75) is 18.9 Å². The smallest absolute Gasteiger partial charge is 0.307 e. The quantitative estimate of drug-likeness (QED) is 0.618. The van der Waals surface area contributed by atoms with Crippen molar-refractivity contribution in [3.63, 3.8) is 0 Å². The third-order valence-corrected chi connectivity index (χ3v) is 6.25. The molecule has 4 rings (SSSR count). The van der Waals surface area contributed by atoms with Crippen molar-refractivity contribution in [3.05, 3.63) is 75.9 Å². The van der Waals surface area contributed by atoms with Gasteiger partial charge in [0.1, 0.15) is 0 Å². The molecule has 1 aromatic heterocycles. The van der Waals surface area contributed by atoms with E-state index >= 15 is 0 Å². The lowest BCUT2D eigenvalue weighted by molar-refractivity contribution is -0.143. The van der Waals surface area contributed by atoms with E-state index in [1.54, 1.807) is 12.3 Å². The second kappa shape index (κ2) is 8.08. The molecule has 1 N–H and O–H groups in total. The van der Waals surface area contributed by atoms with E-state index in [0.717, 1.165) is 35.0 Å². The zero-order valence-corrected chi connectivity index (χ0v) is 16.7. The number of aromatic nitrogens is 1. The summed E-state index contributed by atoms with van der Waals surface area (Å²) in [4.78, 5) is 18.3. The zero-order chi connectivity index (χ0) is 19.7. The van der Waals surface area contributed by atoms with Crippen LogP contribution in [0.15, 0.2) is 54.7 Å². The van der Waals surface area contributed by atoms with Crippen molar-refractivity contribution < 1.29 is 9.90 Å². The topological polar surface area (TPSA) is 53.4 Å². The van der Waals surface area contributed by atoms with Crippen LogP contribution in [0.2, 0.25) is 10.0 Å². The molecule has 3 aromatic rings. The average molecular weight is 415 g/mol. The highest BCUT2D eigenvalue weighted by Crippen LogP contribution is 2.40. The van der Waals surface area contributed by atoms with Crippen LogP contribution in [0.4, 0.5) is 0 Å². The molecule has 2 unspecified atom stereocenters. The number of carbonyl (C=O) groups is 1. The Morgan fingerprint density at radius 2 is 1.93 bits per heavy atom. The first kappa shape index (κ1) is 19.2. The van der Waals surface area contributed by atoms with Crippen LogP contribution in [0.3, 0.4) is 0 Å². The molecule has 1 fully saturated rings. The van der Waals surface area contributed by atoms with E-state index in [4.69, 9.17) is 23.2 Å². The van der Waals surface area contributed by atoms with Crippen molar-refractivity contribution in [3.8, 4) is 0 Å². The van der Waals surface area contributed by atoms with Crippen LogP contribution in [0.5, 0.6) is 0 Å². The van der Waals surface area contributed by atoms with Gasteiger partial charge in [-0.15, -0.1) is 0 Å². The van der Waals surface area contributed by atoms with Gasteiger partial charge < -0.3 is 5.11 Å². The number of benzene rings is 2. The molecule has 4 nitrogen and oxygen atoms in total. The lowest BCUT2D eigenvalue weighted by Gasteiger charge is -2.38. The number of nitrogens with zero attached hydrogens (tertiary/aromatic N) is 2. The predicted molar refractivity (Wildman–Crippen MR) is 112 cm³/mol. The fourth-order valence-electron chi connectivity index (χ4n) is 4.09. The molecule has 1 saturated heterocycles. The van der Waals surface area contributed by atoms with Crippen LogP contribution in [0, 0.1) is 5.92 Å². The molecule has 0 bridgehead atoms. The summed E-state index contributed by atoms with van der Waals surface area (Å²) in [7, 11) is 0. The van der Waals surface area contributed by atoms with Gasteiger partial charge in [-0.25, -0.2) is 0 Å². The molecule has 0 amide bonds. The minimum absolute atomic E-state index is 0.193. The Bertz CT molecular complexity index is 1020. The monoisotopic (exact) mass is 414 g/mol. The summed E-state index contributed by atoms with van der Waals surface area (Å²) in [6.45, 7) is 1.27. The second-order valence-electron chi connectivity index (χ2n) is 7.14. The van der Waals surface area contributed by atoms with E-state index < -0.39 is 5.97 Å². The fraction of sp³-hybridized carbons (Fsp3) is 0.273. The number of carboxylic acid groups (broad SMARTS) is 1. The third kappa shape index (κ3) is 3.60. The van der Waals surface area contributed by atoms with Crippen molar-refractivity contribution in [2.24, 2.45) is 5.92 Å². The Hall–Kier alpha value is -2.14. The van der Waals surface area contributed by atoms with E-state index in [-0.39, 0.29) is 12.0 Å². The molecule has 0 spiro atoms. The fourth-order valence-corrected chi connectivity index (χ4v) is 4.50. The molecule has 0 aliphatic carbocycles. The minimum Gasteiger partial charge on any atom is -0.481 e. The Balaban J connectivity index is 1.89. The van der Waals surface area contributed by atoms with Gasteiger partial charge in [-0.1, -0.05) is 53.5 Å². The van der Waals surface area contributed by atoms with Crippen LogP contribution < -0.4 is 0 Å². The number of pyridine rings is 1. The van der Waals surface area contributed by atoms with Gasteiger partial charge in [0, 0.05) is 18.1 Å².